The minimum absolute atomic E-state index is 0.151. The van der Waals surface area contributed by atoms with Gasteiger partial charge in [-0.25, -0.2) is 4.79 Å². The summed E-state index contributed by atoms with van der Waals surface area (Å²) < 4.78 is 6.97. The number of carbonyl (C=O) groups excluding carboxylic acids is 1. The van der Waals surface area contributed by atoms with Crippen LogP contribution in [0.1, 0.15) is 36.0 Å². The van der Waals surface area contributed by atoms with Crippen molar-refractivity contribution in [2.45, 2.75) is 37.4 Å². The third-order valence-electron chi connectivity index (χ3n) is 7.48. The van der Waals surface area contributed by atoms with E-state index < -0.39 is 11.6 Å². The van der Waals surface area contributed by atoms with Crippen molar-refractivity contribution in [3.8, 4) is 11.1 Å². The lowest BCUT2D eigenvalue weighted by Gasteiger charge is -2.41. The number of quaternary nitrogens is 1. The third-order valence-corrected chi connectivity index (χ3v) is 7.48. The lowest BCUT2D eigenvalue weighted by Crippen LogP contribution is -2.52. The molecule has 4 nitrogen and oxygen atoms in total. The van der Waals surface area contributed by atoms with Crippen molar-refractivity contribution in [3.05, 3.63) is 95.6 Å². The number of likely N-dealkylation sites (tertiary alicyclic amines) is 1. The molecule has 2 aliphatic rings. The lowest BCUT2D eigenvalue weighted by molar-refractivity contribution is -0.915. The Kier molecular flexibility index (Phi) is 5.81. The minimum Gasteiger partial charge on any atom is -0.459 e. The van der Waals surface area contributed by atoms with Crippen LogP contribution in [0.5, 0.6) is 0 Å². The van der Waals surface area contributed by atoms with Crippen LogP contribution in [0.4, 0.5) is 0 Å². The van der Waals surface area contributed by atoms with E-state index in [0.29, 0.717) is 11.1 Å². The maximum absolute atomic E-state index is 13.4. The van der Waals surface area contributed by atoms with Gasteiger partial charge in [-0.05, 0) is 23.1 Å². The van der Waals surface area contributed by atoms with Crippen LogP contribution in [0.2, 0.25) is 0 Å². The molecule has 1 fully saturated rings. The lowest BCUT2D eigenvalue weighted by atomic mass is 9.91. The third kappa shape index (κ3) is 4.09. The van der Waals surface area contributed by atoms with E-state index in [-0.39, 0.29) is 6.10 Å². The predicted octanol–water partition coefficient (Wildman–Crippen LogP) is 4.69. The first-order chi connectivity index (χ1) is 16.0. The topological polar surface area (TPSA) is 46.5 Å². The number of fused-ring (bicyclic) bond motifs is 3. The van der Waals surface area contributed by atoms with Crippen LogP contribution in [0, 0.1) is 0 Å². The Labute approximate surface area is 196 Å². The van der Waals surface area contributed by atoms with Gasteiger partial charge in [-0.2, -0.15) is 0 Å². The van der Waals surface area contributed by atoms with E-state index in [2.05, 4.69) is 37.4 Å². The highest BCUT2D eigenvalue weighted by Gasteiger charge is 2.50. The van der Waals surface area contributed by atoms with E-state index in [4.69, 9.17) is 4.74 Å². The first-order valence-corrected chi connectivity index (χ1v) is 12.0. The second-order valence-electron chi connectivity index (χ2n) is 9.79. The molecule has 0 amide bonds. The summed E-state index contributed by atoms with van der Waals surface area (Å²) in [6, 6.07) is 25.8. The highest BCUT2D eigenvalue weighted by atomic mass is 16.6. The van der Waals surface area contributed by atoms with Crippen LogP contribution >= 0.6 is 0 Å². The SMILES string of the molecule is C[N+]1(CCCc2ccccc2)CCC(OC(=O)C2(O)c3ccccc3-c3ccccc32)CC1. The van der Waals surface area contributed by atoms with Gasteiger partial charge in [-0.15, -0.1) is 0 Å². The van der Waals surface area contributed by atoms with Crippen LogP contribution in [-0.4, -0.2) is 48.3 Å². The predicted molar refractivity (Wildman–Crippen MR) is 130 cm³/mol. The number of piperidine rings is 1. The van der Waals surface area contributed by atoms with Crippen LogP contribution in [0.3, 0.4) is 0 Å². The number of benzene rings is 3. The molecule has 1 aliphatic carbocycles. The standard InChI is InChI=1S/C29H32NO3/c1-30(19-9-12-22-10-3-2-4-11-22)20-17-23(18-21-30)33-28(31)29(32)26-15-7-5-13-24(26)25-14-6-8-16-27(25)29/h2-8,10-11,13-16,23,32H,9,12,17-21H2,1H3/q+1. The number of aryl methyl sites for hydroxylation is 1. The van der Waals surface area contributed by atoms with Gasteiger partial charge in [0.05, 0.1) is 26.7 Å². The molecule has 5 rings (SSSR count). The molecule has 0 radical (unpaired) electrons. The maximum atomic E-state index is 13.4. The number of hydrogen-bond donors (Lipinski definition) is 1. The Morgan fingerprint density at radius 1 is 0.909 bits per heavy atom. The number of hydrogen-bond acceptors (Lipinski definition) is 3. The zero-order chi connectivity index (χ0) is 22.9. The van der Waals surface area contributed by atoms with Gasteiger partial charge in [-0.1, -0.05) is 78.9 Å². The zero-order valence-electron chi connectivity index (χ0n) is 19.2. The van der Waals surface area contributed by atoms with Gasteiger partial charge in [0.15, 0.2) is 0 Å². The first-order valence-electron chi connectivity index (χ1n) is 12.0. The molecule has 4 heteroatoms. The Hall–Kier alpha value is -2.95. The normalized spacial score (nSPS) is 22.9. The van der Waals surface area contributed by atoms with E-state index in [1.807, 2.05) is 48.5 Å². The Morgan fingerprint density at radius 3 is 2.06 bits per heavy atom. The van der Waals surface area contributed by atoms with Gasteiger partial charge < -0.3 is 14.3 Å². The van der Waals surface area contributed by atoms with Crippen molar-refractivity contribution in [1.29, 1.82) is 0 Å². The molecule has 0 atom stereocenters. The molecule has 33 heavy (non-hydrogen) atoms. The quantitative estimate of drug-likeness (QED) is 0.445. The summed E-state index contributed by atoms with van der Waals surface area (Å²) in [5, 5.41) is 11.6. The molecule has 1 heterocycles. The largest absolute Gasteiger partial charge is 0.459 e. The van der Waals surface area contributed by atoms with Crippen LogP contribution in [0.15, 0.2) is 78.9 Å². The molecule has 1 saturated heterocycles. The summed E-state index contributed by atoms with van der Waals surface area (Å²) in [5.74, 6) is -0.551. The molecule has 3 aromatic rings. The Morgan fingerprint density at radius 2 is 1.45 bits per heavy atom. The summed E-state index contributed by atoms with van der Waals surface area (Å²) in [7, 11) is 2.31. The fraction of sp³-hybridized carbons (Fsp3) is 0.345. The summed E-state index contributed by atoms with van der Waals surface area (Å²) >= 11 is 0. The first kappa shape index (κ1) is 21.9. The number of nitrogens with zero attached hydrogens (tertiary/aromatic N) is 1. The van der Waals surface area contributed by atoms with E-state index in [0.717, 1.165) is 60.9 Å². The van der Waals surface area contributed by atoms with Gasteiger partial charge in [0.1, 0.15) is 6.10 Å². The smallest absolute Gasteiger partial charge is 0.348 e. The Bertz CT molecular complexity index is 1090. The minimum atomic E-state index is -1.74. The summed E-state index contributed by atoms with van der Waals surface area (Å²) in [6.45, 7) is 3.09. The molecule has 0 aromatic heterocycles. The highest BCUT2D eigenvalue weighted by molar-refractivity contribution is 5.96. The van der Waals surface area contributed by atoms with Gasteiger partial charge in [0.25, 0.3) is 0 Å². The monoisotopic (exact) mass is 442 g/mol. The molecule has 170 valence electrons. The van der Waals surface area contributed by atoms with Crippen LogP contribution < -0.4 is 0 Å². The van der Waals surface area contributed by atoms with Crippen molar-refractivity contribution in [3.63, 3.8) is 0 Å². The second kappa shape index (κ2) is 8.77. The average Bonchev–Trinajstić information content (AvgIpc) is 3.11. The molecule has 1 aliphatic heterocycles. The molecule has 0 unspecified atom stereocenters. The number of carbonyl (C=O) groups is 1. The van der Waals surface area contributed by atoms with Crippen LogP contribution in [-0.2, 0) is 21.6 Å². The molecule has 0 saturated carbocycles. The van der Waals surface area contributed by atoms with Crippen molar-refractivity contribution < 1.29 is 19.1 Å². The number of aliphatic hydroxyl groups is 1. The van der Waals surface area contributed by atoms with Gasteiger partial charge >= 0.3 is 5.97 Å². The highest BCUT2D eigenvalue weighted by Crippen LogP contribution is 2.48. The number of esters is 1. The number of rotatable bonds is 6. The molecule has 0 spiro atoms. The molecule has 3 aromatic carbocycles. The van der Waals surface area contributed by atoms with E-state index in [1.165, 1.54) is 5.56 Å². The fourth-order valence-corrected chi connectivity index (χ4v) is 5.49. The van der Waals surface area contributed by atoms with Crippen molar-refractivity contribution in [1.82, 2.24) is 0 Å². The fourth-order valence-electron chi connectivity index (χ4n) is 5.49. The van der Waals surface area contributed by atoms with Gasteiger partial charge in [0.2, 0.25) is 5.60 Å². The van der Waals surface area contributed by atoms with E-state index in [1.54, 1.807) is 0 Å². The van der Waals surface area contributed by atoms with Gasteiger partial charge in [-0.3, -0.25) is 0 Å². The summed E-state index contributed by atoms with van der Waals surface area (Å²) in [6.07, 6.45) is 3.75. The van der Waals surface area contributed by atoms with Crippen molar-refractivity contribution in [2.75, 3.05) is 26.7 Å². The molecular formula is C29H32NO3+. The van der Waals surface area contributed by atoms with Crippen molar-refractivity contribution >= 4 is 5.97 Å². The molecular weight excluding hydrogens is 410 g/mol. The van der Waals surface area contributed by atoms with E-state index in [9.17, 15) is 9.90 Å². The maximum Gasteiger partial charge on any atom is 0.348 e. The van der Waals surface area contributed by atoms with Crippen LogP contribution in [0.25, 0.3) is 11.1 Å². The van der Waals surface area contributed by atoms with Gasteiger partial charge in [0, 0.05) is 30.4 Å². The number of ether oxygens (including phenoxy) is 1. The second-order valence-corrected chi connectivity index (χ2v) is 9.79. The Balaban J connectivity index is 1.22. The average molecular weight is 443 g/mol. The molecule has 1 N–H and O–H groups in total. The molecule has 0 bridgehead atoms. The summed E-state index contributed by atoms with van der Waals surface area (Å²) in [4.78, 5) is 13.4. The van der Waals surface area contributed by atoms with Crippen molar-refractivity contribution in [2.24, 2.45) is 0 Å². The summed E-state index contributed by atoms with van der Waals surface area (Å²) in [5.41, 5.74) is 2.69. The zero-order valence-corrected chi connectivity index (χ0v) is 19.2. The van der Waals surface area contributed by atoms with E-state index >= 15 is 0 Å².